The molecular weight excluding hydrogens is 1060 g/mol. The monoisotopic (exact) mass is 1110 g/mol. The topological polar surface area (TPSA) is 85.3 Å². The van der Waals surface area contributed by atoms with Gasteiger partial charge in [0, 0.05) is 54.5 Å². The Labute approximate surface area is 489 Å². The Balaban J connectivity index is 1.03. The van der Waals surface area contributed by atoms with E-state index < -0.39 is 5.41 Å². The summed E-state index contributed by atoms with van der Waals surface area (Å²) in [4.78, 5) is 4.38. The summed E-state index contributed by atoms with van der Waals surface area (Å²) >= 11 is 0. The first-order valence-corrected chi connectivity index (χ1v) is 28.5. The fourth-order valence-corrected chi connectivity index (χ4v) is 14.8. The summed E-state index contributed by atoms with van der Waals surface area (Å²) in [5, 5.41) is 30.2. The number of fused-ring (bicyclic) bond motifs is 22. The number of anilines is 6. The van der Waals surface area contributed by atoms with Gasteiger partial charge in [-0.15, -0.1) is 0 Å². The predicted octanol–water partition coefficient (Wildman–Crippen LogP) is 20.5. The van der Waals surface area contributed by atoms with Crippen molar-refractivity contribution in [3.63, 3.8) is 0 Å². The summed E-state index contributed by atoms with van der Waals surface area (Å²) in [5.41, 5.74) is 16.0. The molecule has 1 aliphatic carbocycles. The van der Waals surface area contributed by atoms with E-state index >= 15 is 8.78 Å². The zero-order valence-corrected chi connectivity index (χ0v) is 45.5. The van der Waals surface area contributed by atoms with Gasteiger partial charge in [-0.3, -0.25) is 0 Å². The van der Waals surface area contributed by atoms with Gasteiger partial charge in [0.15, 0.2) is 22.3 Å². The molecule has 1 spiro atoms. The van der Waals surface area contributed by atoms with Crippen LogP contribution in [0.15, 0.2) is 258 Å². The van der Waals surface area contributed by atoms with E-state index in [2.05, 4.69) is 154 Å². The van der Waals surface area contributed by atoms with Crippen molar-refractivity contribution in [2.45, 2.75) is 5.41 Å². The molecule has 4 heterocycles. The molecule has 0 N–H and O–H groups in total. The number of aromatic nitrogens is 1. The van der Waals surface area contributed by atoms with Crippen LogP contribution in [0.1, 0.15) is 33.4 Å². The van der Waals surface area contributed by atoms with Crippen LogP contribution in [-0.4, -0.2) is 4.57 Å². The Bertz CT molecular complexity index is 5470. The van der Waals surface area contributed by atoms with E-state index in [1.54, 1.807) is 12.1 Å². The highest BCUT2D eigenvalue weighted by Crippen LogP contribution is 2.66. The van der Waals surface area contributed by atoms with E-state index in [1.807, 2.05) is 84.9 Å². The molecule has 0 fully saturated rings. The van der Waals surface area contributed by atoms with E-state index in [9.17, 15) is 10.5 Å². The van der Waals surface area contributed by atoms with Crippen LogP contribution in [0, 0.1) is 34.3 Å². The maximum Gasteiger partial charge on any atom is 0.159 e. The molecule has 0 saturated heterocycles. The van der Waals surface area contributed by atoms with Gasteiger partial charge < -0.3 is 23.2 Å². The Morgan fingerprint density at radius 1 is 0.349 bits per heavy atom. The number of furan rings is 2. The molecule has 18 rings (SSSR count). The van der Waals surface area contributed by atoms with Gasteiger partial charge in [0.25, 0.3) is 0 Å². The van der Waals surface area contributed by atoms with Gasteiger partial charge in [0.05, 0.1) is 56.0 Å². The van der Waals surface area contributed by atoms with Crippen molar-refractivity contribution in [2.75, 3.05) is 9.80 Å². The second-order valence-electron chi connectivity index (χ2n) is 22.3. The lowest BCUT2D eigenvalue weighted by Gasteiger charge is -2.40. The Hall–Kier alpha value is -11.8. The molecule has 0 atom stereocenters. The van der Waals surface area contributed by atoms with Crippen molar-refractivity contribution in [3.05, 3.63) is 294 Å². The zero-order chi connectivity index (χ0) is 57.1. The molecular formula is C77H41F2N5O2. The average Bonchev–Trinajstić information content (AvgIpc) is 1.47. The summed E-state index contributed by atoms with van der Waals surface area (Å²) in [6.07, 6.45) is 0. The lowest BCUT2D eigenvalue weighted by atomic mass is 9.65. The molecule has 86 heavy (non-hydrogen) atoms. The maximum atomic E-state index is 15.4. The fourth-order valence-electron chi connectivity index (χ4n) is 14.8. The minimum atomic E-state index is -1.06. The number of para-hydroxylation sites is 7. The number of hydrogen-bond donors (Lipinski definition) is 0. The predicted molar refractivity (Wildman–Crippen MR) is 340 cm³/mol. The van der Waals surface area contributed by atoms with Gasteiger partial charge in [-0.2, -0.15) is 10.5 Å². The van der Waals surface area contributed by atoms with Gasteiger partial charge in [-0.25, -0.2) is 8.78 Å². The average molecular weight is 1110 g/mol. The molecule has 0 amide bonds. The number of rotatable bonds is 6. The zero-order valence-electron chi connectivity index (χ0n) is 45.5. The van der Waals surface area contributed by atoms with Crippen molar-refractivity contribution in [1.82, 2.24) is 4.57 Å². The number of nitrogens with zero attached hydrogens (tertiary/aromatic N) is 5. The van der Waals surface area contributed by atoms with Crippen LogP contribution < -0.4 is 9.80 Å². The van der Waals surface area contributed by atoms with Crippen LogP contribution in [0.5, 0.6) is 0 Å². The van der Waals surface area contributed by atoms with Crippen LogP contribution in [0.2, 0.25) is 0 Å². The summed E-state index contributed by atoms with van der Waals surface area (Å²) in [6, 6.07) is 87.4. The third kappa shape index (κ3) is 6.24. The summed E-state index contributed by atoms with van der Waals surface area (Å²) in [7, 11) is 0. The van der Waals surface area contributed by atoms with E-state index in [0.29, 0.717) is 56.2 Å². The lowest BCUT2D eigenvalue weighted by Crippen LogP contribution is -2.34. The van der Waals surface area contributed by atoms with Crippen LogP contribution >= 0.6 is 0 Å². The SMILES string of the molecule is N#Cc1cccc2c1oc1c(N(c3ccc(F)cc3)c3cc4c(c5ccccc35)-c3c(cc(N(c5ccc(F)cc5)c5cccc6c5oc5c(C#N)cccc56)c5ccccc35)C43c4ccccc4-n4c5ccccc5c5cccc3c54)cccc12. The van der Waals surface area contributed by atoms with Crippen LogP contribution in [0.25, 0.3) is 104 Å². The molecule has 1 aliphatic heterocycles. The first-order chi connectivity index (χ1) is 42.4. The number of benzene rings is 13. The molecule has 0 saturated carbocycles. The number of hydrogen-bond acceptors (Lipinski definition) is 6. The van der Waals surface area contributed by atoms with Gasteiger partial charge in [0.1, 0.15) is 23.8 Å². The largest absolute Gasteiger partial charge is 0.452 e. The van der Waals surface area contributed by atoms with Crippen molar-refractivity contribution in [1.29, 1.82) is 10.5 Å². The third-order valence-electron chi connectivity index (χ3n) is 18.1. The van der Waals surface area contributed by atoms with Gasteiger partial charge >= 0.3 is 0 Å². The summed E-state index contributed by atoms with van der Waals surface area (Å²) in [6.45, 7) is 0. The Morgan fingerprint density at radius 2 is 0.756 bits per heavy atom. The first kappa shape index (κ1) is 47.8. The van der Waals surface area contributed by atoms with Crippen LogP contribution in [-0.2, 0) is 5.41 Å². The van der Waals surface area contributed by atoms with Crippen molar-refractivity contribution >= 4 is 121 Å². The Kier molecular flexibility index (Phi) is 9.80. The van der Waals surface area contributed by atoms with E-state index in [4.69, 9.17) is 8.83 Å². The highest BCUT2D eigenvalue weighted by atomic mass is 19.1. The van der Waals surface area contributed by atoms with Crippen molar-refractivity contribution < 1.29 is 17.6 Å². The minimum absolute atomic E-state index is 0.370. The van der Waals surface area contributed by atoms with E-state index in [0.717, 1.165) is 115 Å². The number of nitriles is 2. The maximum absolute atomic E-state index is 15.4. The number of halogens is 2. The fraction of sp³-hybridized carbons (Fsp3) is 0.0130. The van der Waals surface area contributed by atoms with Crippen LogP contribution in [0.3, 0.4) is 0 Å². The normalized spacial score (nSPS) is 12.8. The molecule has 3 aromatic heterocycles. The Morgan fingerprint density at radius 3 is 1.28 bits per heavy atom. The molecule has 0 radical (unpaired) electrons. The van der Waals surface area contributed by atoms with Gasteiger partial charge in [-0.1, -0.05) is 152 Å². The summed E-state index contributed by atoms with van der Waals surface area (Å²) in [5.74, 6) is -0.740. The molecule has 2 aliphatic rings. The summed E-state index contributed by atoms with van der Waals surface area (Å²) < 4.78 is 47.0. The minimum Gasteiger partial charge on any atom is -0.452 e. The smallest absolute Gasteiger partial charge is 0.159 e. The van der Waals surface area contributed by atoms with Gasteiger partial charge in [0.2, 0.25) is 0 Å². The lowest BCUT2D eigenvalue weighted by molar-refractivity contribution is 0.627. The molecule has 400 valence electrons. The van der Waals surface area contributed by atoms with Crippen LogP contribution in [0.4, 0.5) is 42.9 Å². The second-order valence-corrected chi connectivity index (χ2v) is 22.3. The molecule has 16 aromatic rings. The van der Waals surface area contributed by atoms with E-state index in [1.165, 1.54) is 24.3 Å². The molecule has 9 heteroatoms. The van der Waals surface area contributed by atoms with Gasteiger partial charge in [-0.05, 0) is 141 Å². The molecule has 0 unspecified atom stereocenters. The highest BCUT2D eigenvalue weighted by molar-refractivity contribution is 6.22. The molecule has 0 bridgehead atoms. The quantitative estimate of drug-likeness (QED) is 0.165. The van der Waals surface area contributed by atoms with Crippen molar-refractivity contribution in [3.8, 4) is 29.0 Å². The van der Waals surface area contributed by atoms with E-state index in [-0.39, 0.29) is 11.6 Å². The first-order valence-electron chi connectivity index (χ1n) is 28.5. The second kappa shape index (κ2) is 17.6. The molecule has 7 nitrogen and oxygen atoms in total. The standard InChI is InChI=1S/C77H41F2N5O2/c78-46-32-36-48(37-33-46)82(66-30-12-24-58-56-22-9-14-44(42-80)73(56)85-75(58)66)68-40-62-70(53-19-3-1-16-50(53)68)71-54-20-4-2-17-51(54)69(83(49-38-34-47(79)35-39-49)67-31-13-25-59-57-23-10-15-45(43-81)74(57)86-76(59)67)41-63(71)77(62)60-26-6-8-29-65(60)84-64-28-7-5-18-52(64)55-21-11-27-61(77)72(55)84/h1-41H. The highest BCUT2D eigenvalue weighted by Gasteiger charge is 2.53. The third-order valence-corrected chi connectivity index (χ3v) is 18.1. The van der Waals surface area contributed by atoms with Crippen molar-refractivity contribution in [2.24, 2.45) is 0 Å². The molecule has 13 aromatic carbocycles.